The Labute approximate surface area is 78.9 Å². The van der Waals surface area contributed by atoms with Crippen LogP contribution in [0.15, 0.2) is 0 Å². The third-order valence-electron chi connectivity index (χ3n) is 2.36. The van der Waals surface area contributed by atoms with E-state index in [2.05, 4.69) is 0 Å². The first kappa shape index (κ1) is 9.85. The van der Waals surface area contributed by atoms with Gasteiger partial charge in [-0.05, 0) is 19.3 Å². The Bertz CT molecular complexity index is 161. The molecule has 1 saturated heterocycles. The lowest BCUT2D eigenvalue weighted by atomic mass is 9.99. The van der Waals surface area contributed by atoms with Crippen molar-refractivity contribution < 1.29 is 4.79 Å². The SMILES string of the molecule is CC1CCCN(CCCCl)C1=O. The highest BCUT2D eigenvalue weighted by atomic mass is 35.5. The summed E-state index contributed by atoms with van der Waals surface area (Å²) in [7, 11) is 0. The van der Waals surface area contributed by atoms with Crippen LogP contribution < -0.4 is 0 Å². The minimum Gasteiger partial charge on any atom is -0.342 e. The molecule has 12 heavy (non-hydrogen) atoms. The second-order valence-corrected chi connectivity index (χ2v) is 3.79. The van der Waals surface area contributed by atoms with Crippen molar-refractivity contribution in [1.29, 1.82) is 0 Å². The summed E-state index contributed by atoms with van der Waals surface area (Å²) >= 11 is 5.57. The number of amides is 1. The zero-order valence-electron chi connectivity index (χ0n) is 7.55. The average molecular weight is 190 g/mol. The predicted molar refractivity (Wildman–Crippen MR) is 50.3 cm³/mol. The van der Waals surface area contributed by atoms with Crippen LogP contribution in [0.1, 0.15) is 26.2 Å². The summed E-state index contributed by atoms with van der Waals surface area (Å²) in [5.41, 5.74) is 0. The zero-order chi connectivity index (χ0) is 8.97. The molecule has 3 heteroatoms. The normalized spacial score (nSPS) is 24.7. The van der Waals surface area contributed by atoms with Crippen molar-refractivity contribution in [3.8, 4) is 0 Å². The van der Waals surface area contributed by atoms with E-state index in [1.54, 1.807) is 0 Å². The number of likely N-dealkylation sites (tertiary alicyclic amines) is 1. The van der Waals surface area contributed by atoms with Gasteiger partial charge in [0.05, 0.1) is 0 Å². The standard InChI is InChI=1S/C9H16ClNO/c1-8-4-2-6-11(9(8)12)7-3-5-10/h8H,2-7H2,1H3. The first-order valence-electron chi connectivity index (χ1n) is 4.60. The van der Waals surface area contributed by atoms with Crippen molar-refractivity contribution in [3.63, 3.8) is 0 Å². The summed E-state index contributed by atoms with van der Waals surface area (Å²) in [6.07, 6.45) is 3.12. The lowest BCUT2D eigenvalue weighted by Crippen LogP contribution is -2.40. The first-order chi connectivity index (χ1) is 5.75. The van der Waals surface area contributed by atoms with Gasteiger partial charge in [-0.3, -0.25) is 4.79 Å². The lowest BCUT2D eigenvalue weighted by Gasteiger charge is -2.30. The topological polar surface area (TPSA) is 20.3 Å². The third kappa shape index (κ3) is 2.37. The van der Waals surface area contributed by atoms with Gasteiger partial charge >= 0.3 is 0 Å². The molecule has 0 aliphatic carbocycles. The number of carbonyl (C=O) groups is 1. The molecule has 0 aromatic heterocycles. The first-order valence-corrected chi connectivity index (χ1v) is 5.14. The van der Waals surface area contributed by atoms with Gasteiger partial charge in [0.2, 0.25) is 5.91 Å². The highest BCUT2D eigenvalue weighted by Crippen LogP contribution is 2.17. The quantitative estimate of drug-likeness (QED) is 0.621. The van der Waals surface area contributed by atoms with Crippen LogP contribution in [-0.2, 0) is 4.79 Å². The molecule has 1 aliphatic rings. The van der Waals surface area contributed by atoms with E-state index in [0.29, 0.717) is 11.8 Å². The van der Waals surface area contributed by atoms with Gasteiger partial charge in [-0.2, -0.15) is 0 Å². The molecule has 1 fully saturated rings. The van der Waals surface area contributed by atoms with Crippen LogP contribution in [0.5, 0.6) is 0 Å². The summed E-state index contributed by atoms with van der Waals surface area (Å²) in [4.78, 5) is 13.5. The maximum absolute atomic E-state index is 11.5. The van der Waals surface area contributed by atoms with Gasteiger partial charge in [-0.1, -0.05) is 6.92 Å². The highest BCUT2D eigenvalue weighted by Gasteiger charge is 2.23. The molecule has 0 aromatic carbocycles. The van der Waals surface area contributed by atoms with Crippen LogP contribution in [0.2, 0.25) is 0 Å². The molecule has 1 atom stereocenters. The minimum absolute atomic E-state index is 0.231. The fraction of sp³-hybridized carbons (Fsp3) is 0.889. The van der Waals surface area contributed by atoms with Crippen LogP contribution in [0.3, 0.4) is 0 Å². The van der Waals surface area contributed by atoms with Crippen LogP contribution in [-0.4, -0.2) is 29.8 Å². The van der Waals surface area contributed by atoms with Gasteiger partial charge in [-0.15, -0.1) is 11.6 Å². The van der Waals surface area contributed by atoms with Crippen LogP contribution >= 0.6 is 11.6 Å². The molecule has 1 rings (SSSR count). The van der Waals surface area contributed by atoms with Gasteiger partial charge in [0.1, 0.15) is 0 Å². The van der Waals surface area contributed by atoms with Gasteiger partial charge < -0.3 is 4.90 Å². The van der Waals surface area contributed by atoms with E-state index in [0.717, 1.165) is 32.4 Å². The molecule has 0 spiro atoms. The largest absolute Gasteiger partial charge is 0.342 e. The van der Waals surface area contributed by atoms with E-state index in [4.69, 9.17) is 11.6 Å². The lowest BCUT2D eigenvalue weighted by molar-refractivity contribution is -0.137. The second kappa shape index (κ2) is 4.70. The van der Waals surface area contributed by atoms with E-state index in [9.17, 15) is 4.79 Å². The van der Waals surface area contributed by atoms with E-state index >= 15 is 0 Å². The Morgan fingerprint density at radius 2 is 2.42 bits per heavy atom. The summed E-state index contributed by atoms with van der Waals surface area (Å²) < 4.78 is 0. The van der Waals surface area contributed by atoms with Crippen LogP contribution in [0.4, 0.5) is 0 Å². The summed E-state index contributed by atoms with van der Waals surface area (Å²) in [5, 5.41) is 0. The summed E-state index contributed by atoms with van der Waals surface area (Å²) in [5.74, 6) is 1.19. The number of hydrogen-bond donors (Lipinski definition) is 0. The van der Waals surface area contributed by atoms with Crippen molar-refractivity contribution in [2.45, 2.75) is 26.2 Å². The Balaban J connectivity index is 2.36. The number of nitrogens with zero attached hydrogens (tertiary/aromatic N) is 1. The molecular weight excluding hydrogens is 174 g/mol. The average Bonchev–Trinajstić information content (AvgIpc) is 2.08. The Morgan fingerprint density at radius 3 is 3.08 bits per heavy atom. The van der Waals surface area contributed by atoms with Crippen LogP contribution in [0.25, 0.3) is 0 Å². The molecule has 2 nitrogen and oxygen atoms in total. The molecule has 0 bridgehead atoms. The third-order valence-corrected chi connectivity index (χ3v) is 2.63. The number of alkyl halides is 1. The highest BCUT2D eigenvalue weighted by molar-refractivity contribution is 6.17. The van der Waals surface area contributed by atoms with Crippen molar-refractivity contribution >= 4 is 17.5 Å². The predicted octanol–water partition coefficient (Wildman–Crippen LogP) is 1.87. The number of halogens is 1. The van der Waals surface area contributed by atoms with Gasteiger partial charge in [-0.25, -0.2) is 0 Å². The maximum atomic E-state index is 11.5. The fourth-order valence-electron chi connectivity index (χ4n) is 1.61. The zero-order valence-corrected chi connectivity index (χ0v) is 8.31. The summed E-state index contributed by atoms with van der Waals surface area (Å²) in [6, 6.07) is 0. The van der Waals surface area contributed by atoms with Crippen molar-refractivity contribution in [3.05, 3.63) is 0 Å². The van der Waals surface area contributed by atoms with Gasteiger partial charge in [0, 0.05) is 24.9 Å². The molecule has 1 aliphatic heterocycles. The molecule has 0 saturated carbocycles. The molecule has 1 heterocycles. The number of piperidine rings is 1. The van der Waals surface area contributed by atoms with E-state index in [-0.39, 0.29) is 5.92 Å². The molecule has 0 N–H and O–H groups in total. The van der Waals surface area contributed by atoms with E-state index in [1.807, 2.05) is 11.8 Å². The Kier molecular flexibility index (Phi) is 3.86. The Hall–Kier alpha value is -0.240. The molecule has 70 valence electrons. The van der Waals surface area contributed by atoms with Crippen molar-refractivity contribution in [2.75, 3.05) is 19.0 Å². The minimum atomic E-state index is 0.231. The number of carbonyl (C=O) groups excluding carboxylic acids is 1. The monoisotopic (exact) mass is 189 g/mol. The molecule has 0 radical (unpaired) electrons. The van der Waals surface area contributed by atoms with Crippen LogP contribution in [0, 0.1) is 5.92 Å². The van der Waals surface area contributed by atoms with E-state index < -0.39 is 0 Å². The fourth-order valence-corrected chi connectivity index (χ4v) is 1.73. The maximum Gasteiger partial charge on any atom is 0.225 e. The van der Waals surface area contributed by atoms with Gasteiger partial charge in [0.25, 0.3) is 0 Å². The smallest absolute Gasteiger partial charge is 0.225 e. The second-order valence-electron chi connectivity index (χ2n) is 3.41. The molecular formula is C9H16ClNO. The molecule has 0 aromatic rings. The summed E-state index contributed by atoms with van der Waals surface area (Å²) in [6.45, 7) is 3.78. The van der Waals surface area contributed by atoms with Crippen molar-refractivity contribution in [2.24, 2.45) is 5.92 Å². The number of hydrogen-bond acceptors (Lipinski definition) is 1. The van der Waals surface area contributed by atoms with Gasteiger partial charge in [0.15, 0.2) is 0 Å². The Morgan fingerprint density at radius 1 is 1.67 bits per heavy atom. The number of rotatable bonds is 3. The van der Waals surface area contributed by atoms with E-state index in [1.165, 1.54) is 0 Å². The molecule has 1 amide bonds. The van der Waals surface area contributed by atoms with Crippen molar-refractivity contribution in [1.82, 2.24) is 4.90 Å². The molecule has 1 unspecified atom stereocenters.